The minimum atomic E-state index is -0.751. The Kier molecular flexibility index (Phi) is 17.6. The molecule has 0 saturated carbocycles. The van der Waals surface area contributed by atoms with Crippen LogP contribution in [0.2, 0.25) is 0 Å². The van der Waals surface area contributed by atoms with E-state index in [0.29, 0.717) is 12.2 Å². The van der Waals surface area contributed by atoms with E-state index in [0.717, 1.165) is 19.3 Å². The van der Waals surface area contributed by atoms with Crippen LogP contribution in [0.5, 0.6) is 0 Å². The number of nitrogens with zero attached hydrogens (tertiary/aromatic N) is 1. The molecule has 0 aliphatic carbocycles. The molecular formula is C22H45N3O2. The second kappa shape index (κ2) is 18.3. The number of hydrogen-bond donors (Lipinski definition) is 3. The molecule has 0 rings (SSSR count). The average Bonchev–Trinajstić information content (AvgIpc) is 2.66. The Morgan fingerprint density at radius 2 is 1.37 bits per heavy atom. The van der Waals surface area contributed by atoms with Gasteiger partial charge < -0.3 is 15.4 Å². The van der Waals surface area contributed by atoms with E-state index in [2.05, 4.69) is 18.8 Å². The predicted molar refractivity (Wildman–Crippen MR) is 115 cm³/mol. The second-order valence-electron chi connectivity index (χ2n) is 7.56. The van der Waals surface area contributed by atoms with Crippen LogP contribution in [-0.4, -0.2) is 35.2 Å². The summed E-state index contributed by atoms with van der Waals surface area (Å²) in [6.07, 6.45) is 17.9. The molecule has 1 unspecified atom stereocenters. The quantitative estimate of drug-likeness (QED) is 0.172. The van der Waals surface area contributed by atoms with E-state index in [1.54, 1.807) is 0 Å². The number of nitrogens with one attached hydrogen (secondary N) is 1. The summed E-state index contributed by atoms with van der Waals surface area (Å²) in [7, 11) is 0. The van der Waals surface area contributed by atoms with Crippen LogP contribution in [0.15, 0.2) is 12.3 Å². The Balaban J connectivity index is 3.61. The maximum Gasteiger partial charge on any atom is 0.246 e. The number of allylic oxidation sites excluding steroid dienone is 1. The molecule has 0 fully saturated rings. The molecule has 0 spiro atoms. The maximum atomic E-state index is 11.9. The highest BCUT2D eigenvalue weighted by molar-refractivity contribution is 5.81. The average molecular weight is 384 g/mol. The highest BCUT2D eigenvalue weighted by Gasteiger charge is 2.23. The minimum absolute atomic E-state index is 0.256. The summed E-state index contributed by atoms with van der Waals surface area (Å²) in [5.74, 6) is 5.71. The Morgan fingerprint density at radius 1 is 0.926 bits per heavy atom. The van der Waals surface area contributed by atoms with Crippen LogP contribution in [0.4, 0.5) is 0 Å². The molecule has 0 aromatic rings. The van der Waals surface area contributed by atoms with Gasteiger partial charge in [-0.15, -0.1) is 0 Å². The fraction of sp³-hybridized carbons (Fsp3) is 0.864. The van der Waals surface area contributed by atoms with E-state index >= 15 is 0 Å². The van der Waals surface area contributed by atoms with Crippen LogP contribution in [0.3, 0.4) is 0 Å². The summed E-state index contributed by atoms with van der Waals surface area (Å²) in [4.78, 5) is 11.9. The van der Waals surface area contributed by atoms with Crippen molar-refractivity contribution in [1.29, 1.82) is 0 Å². The third-order valence-corrected chi connectivity index (χ3v) is 5.10. The van der Waals surface area contributed by atoms with Crippen LogP contribution in [0.25, 0.3) is 0 Å². The van der Waals surface area contributed by atoms with Gasteiger partial charge in [-0.05, 0) is 19.8 Å². The van der Waals surface area contributed by atoms with Crippen molar-refractivity contribution in [2.24, 2.45) is 5.84 Å². The van der Waals surface area contributed by atoms with E-state index in [1.807, 2.05) is 6.92 Å². The molecule has 5 heteroatoms. The number of aliphatic hydroxyl groups is 1. The summed E-state index contributed by atoms with van der Waals surface area (Å²) in [5.41, 5.74) is 0.711. The zero-order valence-electron chi connectivity index (χ0n) is 18.0. The Bertz CT molecular complexity index is 375. The van der Waals surface area contributed by atoms with Gasteiger partial charge in [0.05, 0.1) is 6.61 Å². The lowest BCUT2D eigenvalue weighted by Crippen LogP contribution is -2.51. The van der Waals surface area contributed by atoms with Gasteiger partial charge in [0.2, 0.25) is 5.91 Å². The molecule has 0 aromatic carbocycles. The van der Waals surface area contributed by atoms with Gasteiger partial charge in [0.15, 0.2) is 0 Å². The normalized spacial score (nSPS) is 12.0. The zero-order chi connectivity index (χ0) is 20.3. The first-order valence-corrected chi connectivity index (χ1v) is 11.2. The Labute approximate surface area is 167 Å². The summed E-state index contributed by atoms with van der Waals surface area (Å²) in [6.45, 7) is 8.29. The van der Waals surface area contributed by atoms with Gasteiger partial charge in [-0.3, -0.25) is 4.79 Å². The lowest BCUT2D eigenvalue weighted by molar-refractivity contribution is -0.127. The topological polar surface area (TPSA) is 78.6 Å². The van der Waals surface area contributed by atoms with Gasteiger partial charge in [-0.2, -0.15) is 0 Å². The number of likely N-dealkylation sites (N-methyl/N-ethyl adjacent to an activating group) is 1. The fourth-order valence-electron chi connectivity index (χ4n) is 3.29. The van der Waals surface area contributed by atoms with Crippen LogP contribution in [0.1, 0.15) is 104 Å². The highest BCUT2D eigenvalue weighted by atomic mass is 16.3. The van der Waals surface area contributed by atoms with Crippen LogP contribution >= 0.6 is 0 Å². The number of carbonyl (C=O) groups is 1. The van der Waals surface area contributed by atoms with Gasteiger partial charge in [0.1, 0.15) is 6.04 Å². The van der Waals surface area contributed by atoms with E-state index in [9.17, 15) is 9.90 Å². The fourth-order valence-corrected chi connectivity index (χ4v) is 3.29. The van der Waals surface area contributed by atoms with Gasteiger partial charge in [0, 0.05) is 12.2 Å². The molecule has 0 bridgehead atoms. The van der Waals surface area contributed by atoms with Crippen molar-refractivity contribution in [3.63, 3.8) is 0 Å². The van der Waals surface area contributed by atoms with E-state index in [1.165, 1.54) is 75.6 Å². The second-order valence-corrected chi connectivity index (χ2v) is 7.56. The minimum Gasteiger partial charge on any atom is -0.394 e. The number of hydrazine groups is 1. The molecule has 4 N–H and O–H groups in total. The third-order valence-electron chi connectivity index (χ3n) is 5.10. The number of nitrogens with two attached hydrogens (primary N) is 1. The molecule has 0 aromatic heterocycles. The summed E-state index contributed by atoms with van der Waals surface area (Å²) in [6, 6.07) is -0.751. The van der Waals surface area contributed by atoms with Crippen molar-refractivity contribution < 1.29 is 9.90 Å². The molecule has 0 aliphatic heterocycles. The van der Waals surface area contributed by atoms with Crippen LogP contribution in [-0.2, 0) is 4.79 Å². The molecule has 160 valence electrons. The van der Waals surface area contributed by atoms with Gasteiger partial charge >= 0.3 is 0 Å². The molecule has 0 radical (unpaired) electrons. The van der Waals surface area contributed by atoms with E-state index in [4.69, 9.17) is 5.84 Å². The summed E-state index contributed by atoms with van der Waals surface area (Å²) >= 11 is 0. The molecule has 0 saturated heterocycles. The van der Waals surface area contributed by atoms with E-state index < -0.39 is 6.04 Å². The smallest absolute Gasteiger partial charge is 0.246 e. The van der Waals surface area contributed by atoms with Crippen molar-refractivity contribution >= 4 is 5.91 Å². The monoisotopic (exact) mass is 383 g/mol. The van der Waals surface area contributed by atoms with Gasteiger partial charge in [-0.25, -0.2) is 5.84 Å². The van der Waals surface area contributed by atoms with E-state index in [-0.39, 0.29) is 12.5 Å². The number of unbranched alkanes of at least 4 members (excludes halogenated alkanes) is 12. The number of carbonyl (C=O) groups excluding carboxylic acids is 1. The van der Waals surface area contributed by atoms with Crippen molar-refractivity contribution in [2.75, 3.05) is 13.2 Å². The lowest BCUT2D eigenvalue weighted by atomic mass is 10.0. The molecule has 0 aliphatic rings. The third kappa shape index (κ3) is 13.7. The lowest BCUT2D eigenvalue weighted by Gasteiger charge is -2.28. The molecule has 1 amide bonds. The zero-order valence-corrected chi connectivity index (χ0v) is 18.0. The van der Waals surface area contributed by atoms with Crippen molar-refractivity contribution in [2.45, 2.75) is 110 Å². The Hall–Kier alpha value is -1.07. The van der Waals surface area contributed by atoms with Crippen molar-refractivity contribution in [3.05, 3.63) is 12.3 Å². The largest absolute Gasteiger partial charge is 0.394 e. The maximum absolute atomic E-state index is 11.9. The first-order chi connectivity index (χ1) is 13.1. The van der Waals surface area contributed by atoms with Crippen molar-refractivity contribution in [3.8, 4) is 0 Å². The van der Waals surface area contributed by atoms with Crippen molar-refractivity contribution in [1.82, 2.24) is 10.3 Å². The SMILES string of the molecule is C=C(CCCCCCCCCCCCCCC)N(N)C(CO)C(=O)NCC. The number of hydrogen-bond acceptors (Lipinski definition) is 4. The summed E-state index contributed by atoms with van der Waals surface area (Å²) < 4.78 is 0. The first-order valence-electron chi connectivity index (χ1n) is 11.2. The summed E-state index contributed by atoms with van der Waals surface area (Å²) in [5, 5.41) is 13.4. The molecule has 27 heavy (non-hydrogen) atoms. The number of aliphatic hydroxyl groups excluding tert-OH is 1. The van der Waals surface area contributed by atoms with Crippen LogP contribution in [0, 0.1) is 0 Å². The highest BCUT2D eigenvalue weighted by Crippen LogP contribution is 2.15. The first kappa shape index (κ1) is 25.9. The number of rotatable bonds is 19. The Morgan fingerprint density at radius 3 is 1.78 bits per heavy atom. The predicted octanol–water partition coefficient (Wildman–Crippen LogP) is 4.65. The van der Waals surface area contributed by atoms with Gasteiger partial charge in [-0.1, -0.05) is 90.6 Å². The molecule has 1 atom stereocenters. The molecule has 5 nitrogen and oxygen atoms in total. The standard InChI is InChI=1S/C22H45N3O2/c1-4-6-7-8-9-10-11-12-13-14-15-16-17-18-20(3)25(23)21(19-26)22(27)24-5-2/h21,26H,3-19,23H2,1-2H3,(H,24,27). The van der Waals surface area contributed by atoms with Crippen LogP contribution < -0.4 is 11.2 Å². The van der Waals surface area contributed by atoms with Gasteiger partial charge in [0.25, 0.3) is 0 Å². The molecular weight excluding hydrogens is 338 g/mol. The molecule has 0 heterocycles. The number of amides is 1.